The summed E-state index contributed by atoms with van der Waals surface area (Å²) in [5.74, 6) is 0.120. The number of amides is 1. The van der Waals surface area contributed by atoms with Gasteiger partial charge in [0.1, 0.15) is 0 Å². The van der Waals surface area contributed by atoms with Crippen LogP contribution in [0.15, 0.2) is 0 Å². The molecule has 0 aromatic rings. The van der Waals surface area contributed by atoms with E-state index in [4.69, 9.17) is 0 Å². The maximum atomic E-state index is 10.9. The van der Waals surface area contributed by atoms with E-state index in [9.17, 15) is 4.79 Å². The molecule has 0 spiro atoms. The molecule has 1 saturated heterocycles. The van der Waals surface area contributed by atoms with Gasteiger partial charge in [0.25, 0.3) is 0 Å². The third-order valence-corrected chi connectivity index (χ3v) is 2.57. The van der Waals surface area contributed by atoms with Crippen LogP contribution < -0.4 is 8.85 Å². The molecule has 0 unspecified atom stereocenters. The number of piperazine rings is 1. The smallest absolute Gasteiger partial charge is 0.229 e. The van der Waals surface area contributed by atoms with Crippen LogP contribution in [0.4, 0.5) is 0 Å². The maximum absolute atomic E-state index is 10.9. The van der Waals surface area contributed by atoms with Crippen LogP contribution in [0.25, 0.3) is 0 Å². The molecule has 1 heterocycles. The Bertz CT molecular complexity index is 148. The lowest BCUT2D eigenvalue weighted by Crippen LogP contribution is -2.44. The molecule has 12 heavy (non-hydrogen) atoms. The first-order valence-electron chi connectivity index (χ1n) is 4.15. The van der Waals surface area contributed by atoms with Crippen molar-refractivity contribution in [2.24, 2.45) is 0 Å². The van der Waals surface area contributed by atoms with Crippen molar-refractivity contribution in [2.45, 2.75) is 6.42 Å². The molecule has 0 radical (unpaired) electrons. The Kier molecular flexibility index (Phi) is 4.86. The average molecular weight is 283 g/mol. The van der Waals surface area contributed by atoms with Gasteiger partial charge in [-0.05, 0) is 0 Å². The fourth-order valence-electron chi connectivity index (χ4n) is 1.24. The Morgan fingerprint density at radius 1 is 1.50 bits per heavy atom. The predicted octanol–water partition coefficient (Wildman–Crippen LogP) is -0.252. The lowest BCUT2D eigenvalue weighted by atomic mass is 10.3. The van der Waals surface area contributed by atoms with E-state index >= 15 is 0 Å². The van der Waals surface area contributed by atoms with E-state index in [0.717, 1.165) is 32.7 Å². The van der Waals surface area contributed by atoms with Gasteiger partial charge in [0.05, 0.1) is 22.9 Å². The molecule has 1 rings (SSSR count). The zero-order valence-corrected chi connectivity index (χ0v) is 9.13. The number of hydrogen-bond acceptors (Lipinski definition) is 3. The first-order chi connectivity index (χ1) is 5.83. The average Bonchev–Trinajstić information content (AvgIpc) is 2.16. The molecular formula is C7H14IN3O. The summed E-state index contributed by atoms with van der Waals surface area (Å²) in [7, 11) is 0. The number of carbonyl (C=O) groups excluding carboxylic acids is 1. The van der Waals surface area contributed by atoms with Crippen LogP contribution in [-0.2, 0) is 4.79 Å². The van der Waals surface area contributed by atoms with Gasteiger partial charge in [-0.15, -0.1) is 0 Å². The Balaban J connectivity index is 2.09. The highest BCUT2D eigenvalue weighted by Crippen LogP contribution is 1.94. The third kappa shape index (κ3) is 3.68. The van der Waals surface area contributed by atoms with Gasteiger partial charge in [-0.2, -0.15) is 0 Å². The van der Waals surface area contributed by atoms with E-state index in [0.29, 0.717) is 6.42 Å². The van der Waals surface area contributed by atoms with Crippen molar-refractivity contribution in [1.82, 2.24) is 13.7 Å². The Morgan fingerprint density at radius 2 is 2.17 bits per heavy atom. The largest absolute Gasteiger partial charge is 0.314 e. The first-order valence-corrected chi connectivity index (χ1v) is 5.23. The summed E-state index contributed by atoms with van der Waals surface area (Å²) in [5, 5.41) is 3.27. The third-order valence-electron chi connectivity index (χ3n) is 1.97. The highest BCUT2D eigenvalue weighted by molar-refractivity contribution is 14.1. The molecule has 0 atom stereocenters. The maximum Gasteiger partial charge on any atom is 0.229 e. The quantitative estimate of drug-likeness (QED) is 0.554. The minimum Gasteiger partial charge on any atom is -0.314 e. The molecule has 1 aliphatic heterocycles. The highest BCUT2D eigenvalue weighted by atomic mass is 127. The number of carbonyl (C=O) groups is 1. The lowest BCUT2D eigenvalue weighted by molar-refractivity contribution is -0.119. The number of halogens is 1. The van der Waals surface area contributed by atoms with Crippen molar-refractivity contribution in [3.8, 4) is 0 Å². The van der Waals surface area contributed by atoms with E-state index in [1.165, 1.54) is 0 Å². The van der Waals surface area contributed by atoms with Crippen molar-refractivity contribution < 1.29 is 4.79 Å². The molecular weight excluding hydrogens is 269 g/mol. The van der Waals surface area contributed by atoms with Gasteiger partial charge in [0.15, 0.2) is 0 Å². The van der Waals surface area contributed by atoms with Crippen LogP contribution in [0.3, 0.4) is 0 Å². The zero-order valence-electron chi connectivity index (χ0n) is 6.98. The highest BCUT2D eigenvalue weighted by Gasteiger charge is 2.10. The van der Waals surface area contributed by atoms with E-state index in [-0.39, 0.29) is 5.91 Å². The van der Waals surface area contributed by atoms with Crippen molar-refractivity contribution in [3.05, 3.63) is 0 Å². The topological polar surface area (TPSA) is 44.4 Å². The normalized spacial score (nSPS) is 19.1. The van der Waals surface area contributed by atoms with E-state index < -0.39 is 0 Å². The molecule has 0 bridgehead atoms. The van der Waals surface area contributed by atoms with E-state index in [2.05, 4.69) is 13.7 Å². The van der Waals surface area contributed by atoms with E-state index in [1.54, 1.807) is 0 Å². The van der Waals surface area contributed by atoms with Crippen molar-refractivity contribution >= 4 is 28.8 Å². The second-order valence-electron chi connectivity index (χ2n) is 2.86. The Labute approximate surface area is 86.6 Å². The molecule has 0 aromatic carbocycles. The lowest BCUT2D eigenvalue weighted by Gasteiger charge is -2.26. The zero-order chi connectivity index (χ0) is 8.81. The SMILES string of the molecule is O=C(CCN1CCNCC1)NI. The van der Waals surface area contributed by atoms with Gasteiger partial charge in [-0.25, -0.2) is 0 Å². The number of nitrogens with zero attached hydrogens (tertiary/aromatic N) is 1. The summed E-state index contributed by atoms with van der Waals surface area (Å²) in [6.45, 7) is 5.11. The monoisotopic (exact) mass is 283 g/mol. The molecule has 1 fully saturated rings. The second-order valence-corrected chi connectivity index (χ2v) is 3.40. The number of hydrogen-bond donors (Lipinski definition) is 2. The summed E-state index contributed by atoms with van der Waals surface area (Å²) in [5.41, 5.74) is 0. The second kappa shape index (κ2) is 5.71. The van der Waals surface area contributed by atoms with E-state index in [1.807, 2.05) is 22.9 Å². The standard InChI is InChI=1S/C7H14IN3O/c8-10-7(12)1-4-11-5-2-9-3-6-11/h9H,1-6H2,(H,10,12). The van der Waals surface area contributed by atoms with Crippen LogP contribution in [0, 0.1) is 0 Å². The molecule has 5 heteroatoms. The van der Waals surface area contributed by atoms with Crippen LogP contribution >= 0.6 is 22.9 Å². The van der Waals surface area contributed by atoms with Crippen LogP contribution in [-0.4, -0.2) is 43.5 Å². The van der Waals surface area contributed by atoms with Gasteiger partial charge < -0.3 is 10.2 Å². The van der Waals surface area contributed by atoms with Gasteiger partial charge in [0, 0.05) is 39.1 Å². The minimum atomic E-state index is 0.120. The molecule has 0 aliphatic carbocycles. The number of rotatable bonds is 3. The van der Waals surface area contributed by atoms with Gasteiger partial charge in [0.2, 0.25) is 5.91 Å². The Morgan fingerprint density at radius 3 is 2.75 bits per heavy atom. The number of nitrogens with one attached hydrogen (secondary N) is 2. The minimum absolute atomic E-state index is 0.120. The summed E-state index contributed by atoms with van der Waals surface area (Å²) < 4.78 is 2.59. The van der Waals surface area contributed by atoms with Gasteiger partial charge in [-0.3, -0.25) is 8.32 Å². The summed E-state index contributed by atoms with van der Waals surface area (Å²) in [6, 6.07) is 0. The fourth-order valence-corrected chi connectivity index (χ4v) is 1.51. The molecule has 0 saturated carbocycles. The van der Waals surface area contributed by atoms with Crippen LogP contribution in [0.2, 0.25) is 0 Å². The molecule has 0 aromatic heterocycles. The molecule has 70 valence electrons. The van der Waals surface area contributed by atoms with Gasteiger partial charge >= 0.3 is 0 Å². The van der Waals surface area contributed by atoms with Crippen LogP contribution in [0.5, 0.6) is 0 Å². The van der Waals surface area contributed by atoms with Crippen LogP contribution in [0.1, 0.15) is 6.42 Å². The van der Waals surface area contributed by atoms with Crippen molar-refractivity contribution in [2.75, 3.05) is 32.7 Å². The van der Waals surface area contributed by atoms with Crippen molar-refractivity contribution in [3.63, 3.8) is 0 Å². The van der Waals surface area contributed by atoms with Gasteiger partial charge in [-0.1, -0.05) is 0 Å². The summed E-state index contributed by atoms with van der Waals surface area (Å²) >= 11 is 1.88. The predicted molar refractivity (Wildman–Crippen MR) is 56.1 cm³/mol. The Hall–Kier alpha value is 0.120. The molecule has 4 nitrogen and oxygen atoms in total. The molecule has 1 amide bonds. The van der Waals surface area contributed by atoms with Crippen molar-refractivity contribution in [1.29, 1.82) is 0 Å². The first kappa shape index (κ1) is 10.2. The summed E-state index contributed by atoms with van der Waals surface area (Å²) in [4.78, 5) is 13.2. The molecule has 1 aliphatic rings. The fraction of sp³-hybridized carbons (Fsp3) is 0.857. The molecule has 2 N–H and O–H groups in total. The summed E-state index contributed by atoms with van der Waals surface area (Å²) in [6.07, 6.45) is 0.614.